The summed E-state index contributed by atoms with van der Waals surface area (Å²) in [5.41, 5.74) is 1.80. The molecule has 0 heterocycles. The van der Waals surface area contributed by atoms with Crippen molar-refractivity contribution in [1.29, 1.82) is 0 Å². The standard InChI is InChI=1S/C23H31N3O5/c1-3-30-14-15-31-21-11-5-4-10-20(21)26-22(27)17-25-19-9-6-8-18(16-19)23(28)24-12-7-13-29-2/h4-6,8-11,16,25H,3,7,12-15,17H2,1-2H3,(H,24,28)(H,26,27). The number of hydrogen-bond donors (Lipinski definition) is 3. The van der Waals surface area contributed by atoms with Crippen LogP contribution in [-0.4, -0.2) is 58.4 Å². The number of rotatable bonds is 14. The van der Waals surface area contributed by atoms with Crippen LogP contribution in [0.2, 0.25) is 0 Å². The summed E-state index contributed by atoms with van der Waals surface area (Å²) in [5, 5.41) is 8.72. The van der Waals surface area contributed by atoms with Crippen LogP contribution in [0.4, 0.5) is 11.4 Å². The minimum atomic E-state index is -0.227. The summed E-state index contributed by atoms with van der Waals surface area (Å²) < 4.78 is 15.9. The van der Waals surface area contributed by atoms with Gasteiger partial charge in [-0.3, -0.25) is 9.59 Å². The van der Waals surface area contributed by atoms with Crippen LogP contribution in [0.25, 0.3) is 0 Å². The predicted octanol–water partition coefficient (Wildman–Crippen LogP) is 2.92. The van der Waals surface area contributed by atoms with E-state index in [1.165, 1.54) is 0 Å². The van der Waals surface area contributed by atoms with E-state index in [4.69, 9.17) is 14.2 Å². The van der Waals surface area contributed by atoms with Crippen LogP contribution in [0.15, 0.2) is 48.5 Å². The molecule has 2 amide bonds. The van der Waals surface area contributed by atoms with Crippen molar-refractivity contribution in [1.82, 2.24) is 5.32 Å². The molecule has 0 atom stereocenters. The Morgan fingerprint density at radius 2 is 1.84 bits per heavy atom. The van der Waals surface area contributed by atoms with E-state index in [0.29, 0.717) is 55.7 Å². The fraction of sp³-hybridized carbons (Fsp3) is 0.391. The van der Waals surface area contributed by atoms with Gasteiger partial charge in [0.15, 0.2) is 0 Å². The quantitative estimate of drug-likeness (QED) is 0.400. The van der Waals surface area contributed by atoms with E-state index in [9.17, 15) is 9.59 Å². The van der Waals surface area contributed by atoms with Crippen LogP contribution < -0.4 is 20.7 Å². The lowest BCUT2D eigenvalue weighted by atomic mass is 10.2. The fourth-order valence-electron chi connectivity index (χ4n) is 2.72. The van der Waals surface area contributed by atoms with Crippen LogP contribution in [0.5, 0.6) is 5.75 Å². The summed E-state index contributed by atoms with van der Waals surface area (Å²) in [6.07, 6.45) is 0.747. The maximum atomic E-state index is 12.4. The van der Waals surface area contributed by atoms with Crippen molar-refractivity contribution >= 4 is 23.2 Å². The molecule has 0 bridgehead atoms. The molecule has 2 aromatic rings. The highest BCUT2D eigenvalue weighted by Gasteiger charge is 2.09. The first-order valence-electron chi connectivity index (χ1n) is 10.3. The lowest BCUT2D eigenvalue weighted by molar-refractivity contribution is -0.114. The molecule has 0 fully saturated rings. The third-order valence-electron chi connectivity index (χ3n) is 4.24. The minimum absolute atomic E-state index is 0.0478. The molecule has 0 aliphatic carbocycles. The molecule has 0 aliphatic heterocycles. The van der Waals surface area contributed by atoms with E-state index in [1.807, 2.05) is 19.1 Å². The first kappa shape index (κ1) is 24.2. The molecule has 168 valence electrons. The van der Waals surface area contributed by atoms with Gasteiger partial charge < -0.3 is 30.2 Å². The maximum absolute atomic E-state index is 12.4. The van der Waals surface area contributed by atoms with Gasteiger partial charge in [-0.15, -0.1) is 0 Å². The fourth-order valence-corrected chi connectivity index (χ4v) is 2.72. The number of para-hydroxylation sites is 2. The normalized spacial score (nSPS) is 10.4. The molecule has 0 radical (unpaired) electrons. The van der Waals surface area contributed by atoms with Gasteiger partial charge in [0.1, 0.15) is 12.4 Å². The van der Waals surface area contributed by atoms with E-state index in [0.717, 1.165) is 6.42 Å². The number of methoxy groups -OCH3 is 1. The Morgan fingerprint density at radius 3 is 2.65 bits per heavy atom. The molecule has 0 aliphatic rings. The van der Waals surface area contributed by atoms with Gasteiger partial charge in [-0.1, -0.05) is 18.2 Å². The molecule has 0 unspecified atom stereocenters. The van der Waals surface area contributed by atoms with Gasteiger partial charge in [-0.2, -0.15) is 0 Å². The average Bonchev–Trinajstić information content (AvgIpc) is 2.79. The number of hydrogen-bond acceptors (Lipinski definition) is 6. The predicted molar refractivity (Wildman–Crippen MR) is 121 cm³/mol. The second-order valence-electron chi connectivity index (χ2n) is 6.63. The molecular formula is C23H31N3O5. The lowest BCUT2D eigenvalue weighted by Crippen LogP contribution is -2.25. The van der Waals surface area contributed by atoms with E-state index < -0.39 is 0 Å². The number of benzene rings is 2. The van der Waals surface area contributed by atoms with Gasteiger partial charge >= 0.3 is 0 Å². The molecule has 0 aromatic heterocycles. The van der Waals surface area contributed by atoms with Gasteiger partial charge in [-0.05, 0) is 43.7 Å². The van der Waals surface area contributed by atoms with Gasteiger partial charge in [0.25, 0.3) is 5.91 Å². The summed E-state index contributed by atoms with van der Waals surface area (Å²) in [4.78, 5) is 24.6. The molecule has 0 saturated heterocycles. The number of ether oxygens (including phenoxy) is 3. The van der Waals surface area contributed by atoms with Crippen molar-refractivity contribution in [3.8, 4) is 5.75 Å². The Morgan fingerprint density at radius 1 is 1.00 bits per heavy atom. The molecule has 8 heteroatoms. The largest absolute Gasteiger partial charge is 0.489 e. The molecule has 0 saturated carbocycles. The summed E-state index contributed by atoms with van der Waals surface area (Å²) in [7, 11) is 1.63. The van der Waals surface area contributed by atoms with E-state index in [-0.39, 0.29) is 18.4 Å². The van der Waals surface area contributed by atoms with Crippen molar-refractivity contribution in [3.05, 3.63) is 54.1 Å². The average molecular weight is 430 g/mol. The Kier molecular flexibility index (Phi) is 10.9. The Balaban J connectivity index is 1.84. The topological polar surface area (TPSA) is 97.9 Å². The first-order valence-corrected chi connectivity index (χ1v) is 10.3. The summed E-state index contributed by atoms with van der Waals surface area (Å²) >= 11 is 0. The smallest absolute Gasteiger partial charge is 0.251 e. The zero-order valence-corrected chi connectivity index (χ0v) is 18.1. The van der Waals surface area contributed by atoms with E-state index in [1.54, 1.807) is 43.5 Å². The molecule has 2 rings (SSSR count). The van der Waals surface area contributed by atoms with Crippen molar-refractivity contribution in [2.45, 2.75) is 13.3 Å². The molecule has 31 heavy (non-hydrogen) atoms. The highest BCUT2D eigenvalue weighted by atomic mass is 16.5. The van der Waals surface area contributed by atoms with Crippen molar-refractivity contribution in [2.24, 2.45) is 0 Å². The van der Waals surface area contributed by atoms with Gasteiger partial charge in [0.05, 0.1) is 18.8 Å². The SMILES string of the molecule is CCOCCOc1ccccc1NC(=O)CNc1cccc(C(=O)NCCCOC)c1. The molecule has 2 aromatic carbocycles. The van der Waals surface area contributed by atoms with E-state index >= 15 is 0 Å². The zero-order chi connectivity index (χ0) is 22.3. The maximum Gasteiger partial charge on any atom is 0.251 e. The first-order chi connectivity index (χ1) is 15.1. The number of carbonyl (C=O) groups is 2. The Labute approximate surface area is 183 Å². The summed E-state index contributed by atoms with van der Waals surface area (Å²) in [6.45, 7) is 4.62. The molecule has 3 N–H and O–H groups in total. The van der Waals surface area contributed by atoms with Gasteiger partial charge in [0.2, 0.25) is 5.91 Å². The second kappa shape index (κ2) is 14.0. The third-order valence-corrected chi connectivity index (χ3v) is 4.24. The number of amides is 2. The molecular weight excluding hydrogens is 398 g/mol. The zero-order valence-electron chi connectivity index (χ0n) is 18.1. The Bertz CT molecular complexity index is 828. The third kappa shape index (κ3) is 9.06. The van der Waals surface area contributed by atoms with Crippen molar-refractivity contribution in [2.75, 3.05) is 57.3 Å². The van der Waals surface area contributed by atoms with Crippen LogP contribution in [-0.2, 0) is 14.3 Å². The monoisotopic (exact) mass is 429 g/mol. The van der Waals surface area contributed by atoms with E-state index in [2.05, 4.69) is 16.0 Å². The van der Waals surface area contributed by atoms with Gasteiger partial charge in [-0.25, -0.2) is 0 Å². The van der Waals surface area contributed by atoms with Crippen LogP contribution >= 0.6 is 0 Å². The van der Waals surface area contributed by atoms with Crippen LogP contribution in [0.1, 0.15) is 23.7 Å². The second-order valence-corrected chi connectivity index (χ2v) is 6.63. The van der Waals surface area contributed by atoms with Crippen LogP contribution in [0, 0.1) is 0 Å². The number of nitrogens with one attached hydrogen (secondary N) is 3. The molecule has 0 spiro atoms. The number of carbonyl (C=O) groups excluding carboxylic acids is 2. The highest BCUT2D eigenvalue weighted by Crippen LogP contribution is 2.23. The lowest BCUT2D eigenvalue weighted by Gasteiger charge is -2.13. The molecule has 8 nitrogen and oxygen atoms in total. The minimum Gasteiger partial charge on any atom is -0.489 e. The van der Waals surface area contributed by atoms with Gasteiger partial charge in [0, 0.05) is 38.1 Å². The summed E-state index contributed by atoms with van der Waals surface area (Å²) in [6, 6.07) is 14.3. The van der Waals surface area contributed by atoms with Crippen molar-refractivity contribution < 1.29 is 23.8 Å². The van der Waals surface area contributed by atoms with Crippen molar-refractivity contribution in [3.63, 3.8) is 0 Å². The highest BCUT2D eigenvalue weighted by molar-refractivity contribution is 5.96. The Hall–Kier alpha value is -3.10. The summed E-state index contributed by atoms with van der Waals surface area (Å²) in [5.74, 6) is 0.195. The number of anilines is 2. The van der Waals surface area contributed by atoms with Crippen LogP contribution in [0.3, 0.4) is 0 Å².